The Morgan fingerprint density at radius 1 is 1.10 bits per heavy atom. The fourth-order valence-corrected chi connectivity index (χ4v) is 6.80. The molecule has 4 aliphatic carbocycles. The highest BCUT2D eigenvalue weighted by molar-refractivity contribution is 6.10. The minimum Gasteiger partial charge on any atom is -0.353 e. The minimum absolute atomic E-state index is 0.0394. The average molecular weight is 396 g/mol. The normalized spacial score (nSPS) is 35.9. The van der Waals surface area contributed by atoms with Crippen LogP contribution in [0.4, 0.5) is 5.69 Å². The first-order valence-corrected chi connectivity index (χ1v) is 10.9. The molecule has 5 aliphatic rings. The number of hydrogen-bond donors (Lipinski definition) is 3. The number of fused-ring (bicyclic) bond motifs is 1. The van der Waals surface area contributed by atoms with Crippen molar-refractivity contribution in [2.75, 3.05) is 5.32 Å². The van der Waals surface area contributed by atoms with Crippen LogP contribution in [-0.4, -0.2) is 29.8 Å². The highest BCUT2D eigenvalue weighted by Crippen LogP contribution is 2.61. The van der Waals surface area contributed by atoms with E-state index < -0.39 is 6.04 Å². The van der Waals surface area contributed by atoms with Crippen LogP contribution in [0.25, 0.3) is 0 Å². The molecule has 0 spiro atoms. The number of nitrogens with one attached hydrogen (secondary N) is 3. The lowest BCUT2D eigenvalue weighted by Gasteiger charge is -2.59. The number of para-hydroxylation sites is 1. The van der Waals surface area contributed by atoms with Crippen LogP contribution in [0.1, 0.15) is 62.2 Å². The van der Waals surface area contributed by atoms with Crippen molar-refractivity contribution >= 4 is 23.4 Å². The van der Waals surface area contributed by atoms with E-state index in [0.29, 0.717) is 11.3 Å². The van der Waals surface area contributed by atoms with Gasteiger partial charge in [-0.15, -0.1) is 0 Å². The van der Waals surface area contributed by atoms with Gasteiger partial charge in [-0.25, -0.2) is 0 Å². The Morgan fingerprint density at radius 2 is 1.72 bits per heavy atom. The molecular formula is C23H29N3O3. The fourth-order valence-electron chi connectivity index (χ4n) is 6.80. The number of carbonyl (C=O) groups is 3. The van der Waals surface area contributed by atoms with Crippen LogP contribution >= 0.6 is 0 Å². The first-order valence-electron chi connectivity index (χ1n) is 10.9. The summed E-state index contributed by atoms with van der Waals surface area (Å²) in [5.41, 5.74) is 1.13. The Bertz CT molecular complexity index is 829. The van der Waals surface area contributed by atoms with Crippen molar-refractivity contribution in [3.63, 3.8) is 0 Å². The molecule has 6 heteroatoms. The smallest absolute Gasteiger partial charge is 0.254 e. The van der Waals surface area contributed by atoms with E-state index >= 15 is 0 Å². The summed E-state index contributed by atoms with van der Waals surface area (Å²) in [6, 6.07) is 6.13. The summed E-state index contributed by atoms with van der Waals surface area (Å²) in [5, 5.41) is 8.67. The third-order valence-electron chi connectivity index (χ3n) is 7.82. The Hall–Kier alpha value is -2.37. The van der Waals surface area contributed by atoms with Crippen molar-refractivity contribution in [3.05, 3.63) is 29.8 Å². The summed E-state index contributed by atoms with van der Waals surface area (Å²) in [7, 11) is 0. The SMILES string of the molecule is CC(NC(=O)CC1NC(=O)c2ccccc2NC1=O)C12CC3CC(CC(C3)C1)C2. The van der Waals surface area contributed by atoms with Crippen LogP contribution in [-0.2, 0) is 9.59 Å². The molecule has 6 nitrogen and oxygen atoms in total. The Morgan fingerprint density at radius 3 is 2.38 bits per heavy atom. The zero-order valence-electron chi connectivity index (χ0n) is 16.9. The lowest BCUT2D eigenvalue weighted by molar-refractivity contribution is -0.129. The van der Waals surface area contributed by atoms with Gasteiger partial charge in [-0.2, -0.15) is 0 Å². The van der Waals surface area contributed by atoms with Gasteiger partial charge in [0.25, 0.3) is 5.91 Å². The second-order valence-electron chi connectivity index (χ2n) is 9.83. The Kier molecular flexibility index (Phi) is 4.41. The second-order valence-corrected chi connectivity index (χ2v) is 9.83. The highest BCUT2D eigenvalue weighted by Gasteiger charge is 2.53. The quantitative estimate of drug-likeness (QED) is 0.733. The molecule has 0 saturated heterocycles. The number of rotatable bonds is 4. The van der Waals surface area contributed by atoms with E-state index in [1.165, 1.54) is 38.5 Å². The van der Waals surface area contributed by atoms with Gasteiger partial charge in [-0.05, 0) is 80.8 Å². The molecule has 1 aromatic carbocycles. The van der Waals surface area contributed by atoms with E-state index in [4.69, 9.17) is 0 Å². The predicted octanol–water partition coefficient (Wildman–Crippen LogP) is 2.85. The van der Waals surface area contributed by atoms with E-state index in [1.54, 1.807) is 24.3 Å². The predicted molar refractivity (Wildman–Crippen MR) is 109 cm³/mol. The molecule has 0 aromatic heterocycles. The minimum atomic E-state index is -0.863. The molecule has 3 N–H and O–H groups in total. The maximum atomic E-state index is 12.8. The molecule has 1 heterocycles. The van der Waals surface area contributed by atoms with Crippen molar-refractivity contribution in [2.24, 2.45) is 23.2 Å². The van der Waals surface area contributed by atoms with Gasteiger partial charge >= 0.3 is 0 Å². The number of anilines is 1. The Balaban J connectivity index is 1.24. The maximum absolute atomic E-state index is 12.8. The van der Waals surface area contributed by atoms with Crippen LogP contribution in [0, 0.1) is 23.2 Å². The molecule has 3 amide bonds. The van der Waals surface area contributed by atoms with Gasteiger partial charge in [0.15, 0.2) is 0 Å². The van der Waals surface area contributed by atoms with Crippen LogP contribution in [0.3, 0.4) is 0 Å². The largest absolute Gasteiger partial charge is 0.353 e. The molecule has 0 radical (unpaired) electrons. The van der Waals surface area contributed by atoms with Gasteiger partial charge in [0, 0.05) is 6.04 Å². The van der Waals surface area contributed by atoms with Gasteiger partial charge in [0.2, 0.25) is 11.8 Å². The van der Waals surface area contributed by atoms with Crippen molar-refractivity contribution in [3.8, 4) is 0 Å². The van der Waals surface area contributed by atoms with Gasteiger partial charge in [-0.3, -0.25) is 14.4 Å². The molecule has 154 valence electrons. The third kappa shape index (κ3) is 3.32. The second kappa shape index (κ2) is 6.85. The van der Waals surface area contributed by atoms with Gasteiger partial charge in [-0.1, -0.05) is 12.1 Å². The van der Waals surface area contributed by atoms with E-state index in [0.717, 1.165) is 17.8 Å². The van der Waals surface area contributed by atoms with Crippen LogP contribution in [0.15, 0.2) is 24.3 Å². The molecule has 4 bridgehead atoms. The monoisotopic (exact) mass is 395 g/mol. The van der Waals surface area contributed by atoms with Gasteiger partial charge < -0.3 is 16.0 Å². The number of benzene rings is 1. The van der Waals surface area contributed by atoms with E-state index in [2.05, 4.69) is 22.9 Å². The maximum Gasteiger partial charge on any atom is 0.254 e. The van der Waals surface area contributed by atoms with Crippen LogP contribution < -0.4 is 16.0 Å². The topological polar surface area (TPSA) is 87.3 Å². The third-order valence-corrected chi connectivity index (χ3v) is 7.82. The molecule has 1 aliphatic heterocycles. The first-order chi connectivity index (χ1) is 13.9. The van der Waals surface area contributed by atoms with Crippen LogP contribution in [0.5, 0.6) is 0 Å². The van der Waals surface area contributed by atoms with Crippen molar-refractivity contribution in [1.29, 1.82) is 0 Å². The molecule has 6 rings (SSSR count). The highest BCUT2D eigenvalue weighted by atomic mass is 16.2. The number of hydrogen-bond acceptors (Lipinski definition) is 3. The summed E-state index contributed by atoms with van der Waals surface area (Å²) in [4.78, 5) is 37.8. The molecule has 29 heavy (non-hydrogen) atoms. The average Bonchev–Trinajstić information content (AvgIpc) is 2.77. The number of carbonyl (C=O) groups excluding carboxylic acids is 3. The van der Waals surface area contributed by atoms with Crippen molar-refractivity contribution in [1.82, 2.24) is 10.6 Å². The van der Waals surface area contributed by atoms with Gasteiger partial charge in [0.1, 0.15) is 6.04 Å². The first kappa shape index (κ1) is 18.6. The molecule has 4 saturated carbocycles. The lowest BCUT2D eigenvalue weighted by Crippen LogP contribution is -2.56. The van der Waals surface area contributed by atoms with E-state index in [1.807, 2.05) is 0 Å². The summed E-state index contributed by atoms with van der Waals surface area (Å²) in [5.74, 6) is 1.63. The van der Waals surface area contributed by atoms with E-state index in [9.17, 15) is 14.4 Å². The van der Waals surface area contributed by atoms with Gasteiger partial charge in [0.05, 0.1) is 17.7 Å². The molecule has 2 atom stereocenters. The Labute approximate surface area is 171 Å². The summed E-state index contributed by atoms with van der Waals surface area (Å²) in [6.45, 7) is 2.13. The number of amides is 3. The zero-order valence-corrected chi connectivity index (χ0v) is 16.9. The summed E-state index contributed by atoms with van der Waals surface area (Å²) in [6.07, 6.45) is 7.73. The van der Waals surface area contributed by atoms with E-state index in [-0.39, 0.29) is 35.6 Å². The zero-order chi connectivity index (χ0) is 20.2. The summed E-state index contributed by atoms with van der Waals surface area (Å²) < 4.78 is 0. The molecule has 2 unspecified atom stereocenters. The van der Waals surface area contributed by atoms with Crippen LogP contribution in [0.2, 0.25) is 0 Å². The molecule has 4 fully saturated rings. The van der Waals surface area contributed by atoms with Crippen molar-refractivity contribution < 1.29 is 14.4 Å². The standard InChI is InChI=1S/C23H29N3O3/c1-13(23-10-14-6-15(11-23)8-16(7-14)12-23)24-20(27)9-19-22(29)25-18-5-3-2-4-17(18)21(28)26-19/h2-5,13-16,19H,6-12H2,1H3,(H,24,27)(H,25,29)(H,26,28). The molecule has 1 aromatic rings. The fraction of sp³-hybridized carbons (Fsp3) is 0.609. The summed E-state index contributed by atoms with van der Waals surface area (Å²) >= 11 is 0. The molecular weight excluding hydrogens is 366 g/mol. The van der Waals surface area contributed by atoms with Crippen molar-refractivity contribution in [2.45, 2.75) is 64.0 Å². The lowest BCUT2D eigenvalue weighted by atomic mass is 9.48.